The number of hydrogen-bond donors (Lipinski definition) is 3. The van der Waals surface area contributed by atoms with Gasteiger partial charge in [-0.3, -0.25) is 9.59 Å². The Labute approximate surface area is 153 Å². The van der Waals surface area contributed by atoms with Crippen molar-refractivity contribution in [1.82, 2.24) is 10.6 Å². The molecule has 7 nitrogen and oxygen atoms in total. The van der Waals surface area contributed by atoms with Crippen LogP contribution in [0.1, 0.15) is 38.7 Å². The number of rotatable bonds is 2. The minimum absolute atomic E-state index is 0.153. The van der Waals surface area contributed by atoms with E-state index in [0.29, 0.717) is 25.2 Å². The molecule has 142 valence electrons. The zero-order valence-electron chi connectivity index (χ0n) is 15.2. The van der Waals surface area contributed by atoms with Gasteiger partial charge in [-0.15, -0.1) is 0 Å². The van der Waals surface area contributed by atoms with Gasteiger partial charge in [0.05, 0.1) is 6.61 Å². The summed E-state index contributed by atoms with van der Waals surface area (Å²) in [6.45, 7) is 4.12. The lowest BCUT2D eigenvalue weighted by Crippen LogP contribution is -2.54. The fraction of sp³-hybridized carbons (Fsp3) is 0.526. The van der Waals surface area contributed by atoms with Gasteiger partial charge in [-0.25, -0.2) is 4.79 Å². The molecule has 3 N–H and O–H groups in total. The SMILES string of the molecule is CC(C)[C@@H]1NC(=O)CCCCOc2ccc(cc2)C[C@@H](C(=O)O)NC1=O. The van der Waals surface area contributed by atoms with E-state index in [2.05, 4.69) is 10.6 Å². The van der Waals surface area contributed by atoms with Crippen LogP contribution in [0, 0.1) is 5.92 Å². The number of amides is 2. The quantitative estimate of drug-likeness (QED) is 0.740. The topological polar surface area (TPSA) is 105 Å². The highest BCUT2D eigenvalue weighted by atomic mass is 16.5. The smallest absolute Gasteiger partial charge is 0.326 e. The van der Waals surface area contributed by atoms with Gasteiger partial charge in [0.2, 0.25) is 11.8 Å². The third-order valence-electron chi connectivity index (χ3n) is 4.31. The number of hydrogen-bond acceptors (Lipinski definition) is 4. The summed E-state index contributed by atoms with van der Waals surface area (Å²) < 4.78 is 5.63. The molecule has 0 aromatic heterocycles. The largest absolute Gasteiger partial charge is 0.494 e. The first kappa shape index (κ1) is 19.8. The molecule has 1 aromatic carbocycles. The summed E-state index contributed by atoms with van der Waals surface area (Å²) in [5, 5.41) is 14.7. The third-order valence-corrected chi connectivity index (χ3v) is 4.31. The molecule has 0 unspecified atom stereocenters. The van der Waals surface area contributed by atoms with Gasteiger partial charge >= 0.3 is 5.97 Å². The Hall–Kier alpha value is -2.57. The summed E-state index contributed by atoms with van der Waals surface area (Å²) in [7, 11) is 0. The molecule has 0 fully saturated rings. The Kier molecular flexibility index (Phi) is 7.00. The van der Waals surface area contributed by atoms with Crippen molar-refractivity contribution >= 4 is 17.8 Å². The van der Waals surface area contributed by atoms with Crippen LogP contribution in [0.5, 0.6) is 5.75 Å². The number of carbonyl (C=O) groups excluding carboxylic acids is 2. The normalized spacial score (nSPS) is 22.4. The predicted octanol–water partition coefficient (Wildman–Crippen LogP) is 1.50. The van der Waals surface area contributed by atoms with Crippen molar-refractivity contribution in [3.8, 4) is 5.75 Å². The molecule has 0 aliphatic carbocycles. The molecule has 26 heavy (non-hydrogen) atoms. The van der Waals surface area contributed by atoms with Crippen LogP contribution in [0.3, 0.4) is 0 Å². The number of ether oxygens (including phenoxy) is 1. The molecule has 2 bridgehead atoms. The van der Waals surface area contributed by atoms with Crippen LogP contribution in [-0.2, 0) is 20.8 Å². The maximum absolute atomic E-state index is 12.6. The number of carbonyl (C=O) groups is 3. The first-order valence-corrected chi connectivity index (χ1v) is 8.91. The Balaban J connectivity index is 2.23. The summed E-state index contributed by atoms with van der Waals surface area (Å²) >= 11 is 0. The highest BCUT2D eigenvalue weighted by molar-refractivity contribution is 5.90. The van der Waals surface area contributed by atoms with Crippen LogP contribution < -0.4 is 15.4 Å². The Morgan fingerprint density at radius 2 is 1.85 bits per heavy atom. The highest BCUT2D eigenvalue weighted by Gasteiger charge is 2.28. The van der Waals surface area contributed by atoms with E-state index in [-0.39, 0.29) is 18.2 Å². The number of benzene rings is 1. The van der Waals surface area contributed by atoms with E-state index >= 15 is 0 Å². The van der Waals surface area contributed by atoms with E-state index in [1.165, 1.54) is 0 Å². The minimum Gasteiger partial charge on any atom is -0.494 e. The van der Waals surface area contributed by atoms with Gasteiger partial charge in [0.15, 0.2) is 0 Å². The van der Waals surface area contributed by atoms with Gasteiger partial charge in [0.1, 0.15) is 17.8 Å². The molecule has 3 rings (SSSR count). The van der Waals surface area contributed by atoms with Crippen LogP contribution in [0.15, 0.2) is 24.3 Å². The van der Waals surface area contributed by atoms with Crippen molar-refractivity contribution in [2.75, 3.05) is 6.61 Å². The summed E-state index contributed by atoms with van der Waals surface area (Å²) in [5.41, 5.74) is 0.780. The Bertz CT molecular complexity index is 642. The monoisotopic (exact) mass is 362 g/mol. The zero-order chi connectivity index (χ0) is 19.1. The predicted molar refractivity (Wildman–Crippen MR) is 95.8 cm³/mol. The highest BCUT2D eigenvalue weighted by Crippen LogP contribution is 2.15. The summed E-state index contributed by atoms with van der Waals surface area (Å²) in [6, 6.07) is 5.32. The van der Waals surface area contributed by atoms with Crippen molar-refractivity contribution in [3.63, 3.8) is 0 Å². The van der Waals surface area contributed by atoms with Crippen molar-refractivity contribution in [2.45, 2.75) is 51.6 Å². The molecule has 0 saturated carbocycles. The summed E-state index contributed by atoms with van der Waals surface area (Å²) in [4.78, 5) is 36.2. The van der Waals surface area contributed by atoms with E-state index in [1.807, 2.05) is 13.8 Å². The second-order valence-corrected chi connectivity index (χ2v) is 6.84. The second-order valence-electron chi connectivity index (χ2n) is 6.84. The van der Waals surface area contributed by atoms with Crippen molar-refractivity contribution < 1.29 is 24.2 Å². The molecule has 2 heterocycles. The van der Waals surface area contributed by atoms with E-state index in [9.17, 15) is 19.5 Å². The van der Waals surface area contributed by atoms with Crippen LogP contribution >= 0.6 is 0 Å². The third kappa shape index (κ3) is 5.75. The molecular formula is C19H26N2O5. The van der Waals surface area contributed by atoms with Gasteiger partial charge in [-0.05, 0) is 36.5 Å². The van der Waals surface area contributed by atoms with E-state index in [0.717, 1.165) is 12.0 Å². The Morgan fingerprint density at radius 1 is 1.15 bits per heavy atom. The molecular weight excluding hydrogens is 336 g/mol. The Morgan fingerprint density at radius 3 is 2.46 bits per heavy atom. The first-order chi connectivity index (χ1) is 12.4. The maximum atomic E-state index is 12.6. The fourth-order valence-corrected chi connectivity index (χ4v) is 2.78. The molecule has 2 aliphatic rings. The lowest BCUT2D eigenvalue weighted by Gasteiger charge is -2.24. The molecule has 2 atom stereocenters. The lowest BCUT2D eigenvalue weighted by molar-refractivity contribution is -0.142. The number of aliphatic carboxylic acids is 1. The van der Waals surface area contributed by atoms with Crippen molar-refractivity contribution in [1.29, 1.82) is 0 Å². The van der Waals surface area contributed by atoms with Gasteiger partial charge in [0.25, 0.3) is 0 Å². The van der Waals surface area contributed by atoms with Gasteiger partial charge in [-0.2, -0.15) is 0 Å². The van der Waals surface area contributed by atoms with E-state index < -0.39 is 24.0 Å². The maximum Gasteiger partial charge on any atom is 0.326 e. The summed E-state index contributed by atoms with van der Waals surface area (Å²) in [6.07, 6.45) is 1.82. The average Bonchev–Trinajstić information content (AvgIpc) is 2.58. The minimum atomic E-state index is -1.12. The molecule has 0 radical (unpaired) electrons. The van der Waals surface area contributed by atoms with Crippen LogP contribution in [-0.4, -0.2) is 41.6 Å². The van der Waals surface area contributed by atoms with Crippen molar-refractivity contribution in [3.05, 3.63) is 29.8 Å². The molecule has 7 heteroatoms. The molecule has 2 aliphatic heterocycles. The summed E-state index contributed by atoms with van der Waals surface area (Å²) in [5.74, 6) is -1.28. The van der Waals surface area contributed by atoms with Crippen LogP contribution in [0.4, 0.5) is 0 Å². The molecule has 1 aromatic rings. The van der Waals surface area contributed by atoms with Gasteiger partial charge in [-0.1, -0.05) is 26.0 Å². The number of fused-ring (bicyclic) bond motifs is 13. The van der Waals surface area contributed by atoms with Crippen molar-refractivity contribution in [2.24, 2.45) is 5.92 Å². The van der Waals surface area contributed by atoms with Crippen LogP contribution in [0.2, 0.25) is 0 Å². The first-order valence-electron chi connectivity index (χ1n) is 8.91. The number of nitrogens with one attached hydrogen (secondary N) is 2. The van der Waals surface area contributed by atoms with Gasteiger partial charge in [0, 0.05) is 12.8 Å². The second kappa shape index (κ2) is 9.22. The average molecular weight is 362 g/mol. The van der Waals surface area contributed by atoms with E-state index in [1.54, 1.807) is 24.3 Å². The van der Waals surface area contributed by atoms with Crippen LogP contribution in [0.25, 0.3) is 0 Å². The standard InChI is InChI=1S/C19H26N2O5/c1-12(2)17-18(23)20-15(19(24)25)11-13-6-8-14(9-7-13)26-10-4-3-5-16(22)21-17/h6-9,12,15,17H,3-5,10-11H2,1-2H3,(H,20,23)(H,21,22)(H,24,25)/t15-,17-/m0/s1. The number of carboxylic acid groups (broad SMARTS) is 1. The van der Waals surface area contributed by atoms with E-state index in [4.69, 9.17) is 4.74 Å². The zero-order valence-corrected chi connectivity index (χ0v) is 15.2. The lowest BCUT2D eigenvalue weighted by atomic mass is 10.0. The fourth-order valence-electron chi connectivity index (χ4n) is 2.78. The molecule has 0 saturated heterocycles. The number of carboxylic acids is 1. The molecule has 2 amide bonds. The molecule has 0 spiro atoms. The van der Waals surface area contributed by atoms with Gasteiger partial charge < -0.3 is 20.5 Å².